The van der Waals surface area contributed by atoms with E-state index in [1.807, 2.05) is 0 Å². The van der Waals surface area contributed by atoms with Crippen molar-refractivity contribution in [3.63, 3.8) is 0 Å². The summed E-state index contributed by atoms with van der Waals surface area (Å²) in [5, 5.41) is 7.93. The molecule has 1 N–H and O–H groups in total. The Balaban J connectivity index is 3.82. The van der Waals surface area contributed by atoms with E-state index in [1.165, 1.54) is 6.42 Å². The van der Waals surface area contributed by atoms with Crippen LogP contribution in [0.15, 0.2) is 0 Å². The normalized spacial score (nSPS) is 10.8. The van der Waals surface area contributed by atoms with Gasteiger partial charge in [-0.1, -0.05) is 20.8 Å². The molecule has 96 valence electrons. The molecule has 0 heterocycles. The van der Waals surface area contributed by atoms with Crippen molar-refractivity contribution < 1.29 is 0 Å². The molecule has 0 amide bonds. The number of hydrogen-bond donors (Lipinski definition) is 1. The third-order valence-electron chi connectivity index (χ3n) is 3.05. The van der Waals surface area contributed by atoms with Crippen LogP contribution in [0, 0.1) is 5.41 Å². The molecule has 0 aromatic carbocycles. The predicted octanol–water partition coefficient (Wildman–Crippen LogP) is 2.82. The molecule has 0 aromatic heterocycles. The molecule has 0 aliphatic carbocycles. The largest absolute Gasteiger partial charge is 0.361 e. The fourth-order valence-electron chi connectivity index (χ4n) is 1.90. The van der Waals surface area contributed by atoms with E-state index in [2.05, 4.69) is 37.5 Å². The van der Waals surface area contributed by atoms with Crippen LogP contribution < -0.4 is 0 Å². The van der Waals surface area contributed by atoms with Crippen LogP contribution in [-0.4, -0.2) is 48.4 Å². The molecule has 3 heteroatoms. The van der Waals surface area contributed by atoms with Gasteiger partial charge in [0.25, 0.3) is 0 Å². The summed E-state index contributed by atoms with van der Waals surface area (Å²) < 4.78 is 0. The van der Waals surface area contributed by atoms with Crippen LogP contribution in [0.25, 0.3) is 0 Å². The molecule has 0 aromatic rings. The zero-order chi connectivity index (χ0) is 12.4. The standard InChI is InChI=1S/C13H29N3/c1-5-10-13(14)16(8-4)12-9-11-15(6-2)7-3/h14H,5-12H2,1-4H3. The quantitative estimate of drug-likeness (QED) is 0.485. The lowest BCUT2D eigenvalue weighted by Crippen LogP contribution is -2.33. The molecule has 0 bridgehead atoms. The van der Waals surface area contributed by atoms with Crippen LogP contribution in [0.5, 0.6) is 0 Å². The van der Waals surface area contributed by atoms with Crippen molar-refractivity contribution in [1.29, 1.82) is 5.41 Å². The van der Waals surface area contributed by atoms with Gasteiger partial charge in [0, 0.05) is 19.5 Å². The first kappa shape index (κ1) is 15.4. The molecule has 0 saturated heterocycles. The van der Waals surface area contributed by atoms with Gasteiger partial charge in [-0.15, -0.1) is 0 Å². The number of nitrogens with one attached hydrogen (secondary N) is 1. The number of nitrogens with zero attached hydrogens (tertiary/aromatic N) is 2. The van der Waals surface area contributed by atoms with Gasteiger partial charge in [0.2, 0.25) is 0 Å². The second-order valence-corrected chi connectivity index (χ2v) is 4.16. The summed E-state index contributed by atoms with van der Waals surface area (Å²) in [6.07, 6.45) is 3.16. The van der Waals surface area contributed by atoms with Crippen molar-refractivity contribution in [3.8, 4) is 0 Å². The Bertz CT molecular complexity index is 176. The van der Waals surface area contributed by atoms with Crippen molar-refractivity contribution in [2.24, 2.45) is 0 Å². The van der Waals surface area contributed by atoms with E-state index in [1.54, 1.807) is 0 Å². The molecular formula is C13H29N3. The Labute approximate surface area is 101 Å². The monoisotopic (exact) mass is 227 g/mol. The van der Waals surface area contributed by atoms with Gasteiger partial charge in [0.15, 0.2) is 0 Å². The first-order valence-corrected chi connectivity index (χ1v) is 6.74. The second kappa shape index (κ2) is 9.64. The fraction of sp³-hybridized carbons (Fsp3) is 0.923. The van der Waals surface area contributed by atoms with Crippen LogP contribution in [-0.2, 0) is 0 Å². The van der Waals surface area contributed by atoms with Gasteiger partial charge in [-0.05, 0) is 39.4 Å². The third-order valence-corrected chi connectivity index (χ3v) is 3.05. The molecule has 0 radical (unpaired) electrons. The molecule has 0 atom stereocenters. The maximum atomic E-state index is 7.93. The topological polar surface area (TPSA) is 30.3 Å². The summed E-state index contributed by atoms with van der Waals surface area (Å²) in [6, 6.07) is 0. The number of hydrogen-bond acceptors (Lipinski definition) is 2. The lowest BCUT2D eigenvalue weighted by molar-refractivity contribution is 0.282. The summed E-state index contributed by atoms with van der Waals surface area (Å²) in [5.41, 5.74) is 0. The highest BCUT2D eigenvalue weighted by Gasteiger charge is 2.07. The number of rotatable bonds is 9. The lowest BCUT2D eigenvalue weighted by Gasteiger charge is -2.25. The Kier molecular flexibility index (Phi) is 9.30. The summed E-state index contributed by atoms with van der Waals surface area (Å²) in [6.45, 7) is 14.1. The smallest absolute Gasteiger partial charge is 0.0957 e. The van der Waals surface area contributed by atoms with E-state index in [0.29, 0.717) is 0 Å². The highest BCUT2D eigenvalue weighted by Crippen LogP contribution is 2.00. The molecule has 0 fully saturated rings. The van der Waals surface area contributed by atoms with E-state index in [9.17, 15) is 0 Å². The van der Waals surface area contributed by atoms with E-state index < -0.39 is 0 Å². The first-order valence-electron chi connectivity index (χ1n) is 6.74. The Hall–Kier alpha value is -0.570. The van der Waals surface area contributed by atoms with Crippen molar-refractivity contribution in [2.45, 2.75) is 47.0 Å². The maximum Gasteiger partial charge on any atom is 0.0957 e. The van der Waals surface area contributed by atoms with Gasteiger partial charge < -0.3 is 9.80 Å². The van der Waals surface area contributed by atoms with Gasteiger partial charge >= 0.3 is 0 Å². The van der Waals surface area contributed by atoms with Crippen molar-refractivity contribution in [2.75, 3.05) is 32.7 Å². The van der Waals surface area contributed by atoms with E-state index in [4.69, 9.17) is 5.41 Å². The van der Waals surface area contributed by atoms with E-state index in [-0.39, 0.29) is 0 Å². The minimum Gasteiger partial charge on any atom is -0.361 e. The summed E-state index contributed by atoms with van der Waals surface area (Å²) in [7, 11) is 0. The van der Waals surface area contributed by atoms with Crippen LogP contribution in [0.1, 0.15) is 47.0 Å². The van der Waals surface area contributed by atoms with Crippen LogP contribution in [0.2, 0.25) is 0 Å². The zero-order valence-corrected chi connectivity index (χ0v) is 11.6. The highest BCUT2D eigenvalue weighted by atomic mass is 15.2. The second-order valence-electron chi connectivity index (χ2n) is 4.16. The first-order chi connectivity index (χ1) is 7.69. The molecule has 0 rings (SSSR count). The van der Waals surface area contributed by atoms with Gasteiger partial charge in [0.05, 0.1) is 5.84 Å². The Morgan fingerprint density at radius 3 is 2.00 bits per heavy atom. The van der Waals surface area contributed by atoms with Gasteiger partial charge in [-0.3, -0.25) is 5.41 Å². The minimum atomic E-state index is 0.810. The van der Waals surface area contributed by atoms with Crippen molar-refractivity contribution >= 4 is 5.84 Å². The Morgan fingerprint density at radius 1 is 0.938 bits per heavy atom. The Morgan fingerprint density at radius 2 is 1.56 bits per heavy atom. The van der Waals surface area contributed by atoms with Crippen molar-refractivity contribution in [1.82, 2.24) is 9.80 Å². The molecule has 0 spiro atoms. The molecule has 0 aliphatic heterocycles. The van der Waals surface area contributed by atoms with Crippen LogP contribution in [0.3, 0.4) is 0 Å². The molecule has 0 saturated carbocycles. The van der Waals surface area contributed by atoms with Gasteiger partial charge in [0.1, 0.15) is 0 Å². The minimum absolute atomic E-state index is 0.810. The molecule has 3 nitrogen and oxygen atoms in total. The summed E-state index contributed by atoms with van der Waals surface area (Å²) in [4.78, 5) is 4.64. The van der Waals surface area contributed by atoms with E-state index in [0.717, 1.165) is 51.4 Å². The maximum absolute atomic E-state index is 7.93. The van der Waals surface area contributed by atoms with Gasteiger partial charge in [-0.25, -0.2) is 0 Å². The van der Waals surface area contributed by atoms with E-state index >= 15 is 0 Å². The predicted molar refractivity (Wildman–Crippen MR) is 72.3 cm³/mol. The molecule has 16 heavy (non-hydrogen) atoms. The molecule has 0 aliphatic rings. The SMILES string of the molecule is CCCC(=N)N(CC)CCCN(CC)CC. The fourth-order valence-corrected chi connectivity index (χ4v) is 1.90. The van der Waals surface area contributed by atoms with Gasteiger partial charge in [-0.2, -0.15) is 0 Å². The third kappa shape index (κ3) is 6.11. The average Bonchev–Trinajstić information content (AvgIpc) is 2.30. The summed E-state index contributed by atoms with van der Waals surface area (Å²) in [5.74, 6) is 0.810. The van der Waals surface area contributed by atoms with Crippen LogP contribution >= 0.6 is 0 Å². The zero-order valence-electron chi connectivity index (χ0n) is 11.6. The van der Waals surface area contributed by atoms with Crippen LogP contribution in [0.4, 0.5) is 0 Å². The average molecular weight is 227 g/mol. The summed E-state index contributed by atoms with van der Waals surface area (Å²) >= 11 is 0. The number of amidine groups is 1. The molecular weight excluding hydrogens is 198 g/mol. The lowest BCUT2D eigenvalue weighted by atomic mass is 10.2. The van der Waals surface area contributed by atoms with Crippen molar-refractivity contribution in [3.05, 3.63) is 0 Å². The molecule has 0 unspecified atom stereocenters. The highest BCUT2D eigenvalue weighted by molar-refractivity contribution is 5.78.